The maximum atomic E-state index is 13.5. The first-order chi connectivity index (χ1) is 15.3. The van der Waals surface area contributed by atoms with Crippen LogP contribution in [0.15, 0.2) is 23.2 Å². The second-order valence-electron chi connectivity index (χ2n) is 7.87. The Morgan fingerprint density at radius 1 is 1.21 bits per heavy atom. The van der Waals surface area contributed by atoms with E-state index in [4.69, 9.17) is 4.74 Å². The number of carbonyl (C=O) groups is 1. The van der Waals surface area contributed by atoms with Gasteiger partial charge in [0.1, 0.15) is 4.90 Å². The number of ether oxygens (including phenoxy) is 1. The summed E-state index contributed by atoms with van der Waals surface area (Å²) in [5, 5.41) is 2.19. The Morgan fingerprint density at radius 2 is 1.85 bits per heavy atom. The zero-order chi connectivity index (χ0) is 24.3. The van der Waals surface area contributed by atoms with Crippen LogP contribution in [-0.4, -0.2) is 63.6 Å². The maximum Gasteiger partial charge on any atom is 0.276 e. The first-order valence-corrected chi connectivity index (χ1v) is 12.9. The maximum absolute atomic E-state index is 13.5. The number of nitrogens with zero attached hydrogens (tertiary/aromatic N) is 2. The summed E-state index contributed by atoms with van der Waals surface area (Å²) in [6, 6.07) is 0.413. The molecule has 1 fully saturated rings. The van der Waals surface area contributed by atoms with Crippen LogP contribution in [0.25, 0.3) is 0 Å². The van der Waals surface area contributed by atoms with Crippen LogP contribution in [0, 0.1) is 23.4 Å². The molecule has 4 rings (SSSR count). The Hall–Kier alpha value is -2.62. The summed E-state index contributed by atoms with van der Waals surface area (Å²) in [5.74, 6) is -6.52. The molecule has 0 spiro atoms. The van der Waals surface area contributed by atoms with Gasteiger partial charge in [-0.2, -0.15) is 0 Å². The van der Waals surface area contributed by atoms with Crippen molar-refractivity contribution >= 4 is 31.6 Å². The molecule has 33 heavy (non-hydrogen) atoms. The molecule has 2 N–H and O–H groups in total. The van der Waals surface area contributed by atoms with Crippen LogP contribution in [0.5, 0.6) is 5.75 Å². The highest BCUT2D eigenvalue weighted by Crippen LogP contribution is 2.35. The number of carbonyl (C=O) groups excluding carboxylic acids is 1. The highest BCUT2D eigenvalue weighted by Gasteiger charge is 2.43. The molecule has 0 radical (unpaired) electrons. The predicted molar refractivity (Wildman–Crippen MR) is 109 cm³/mol. The molecule has 1 saturated heterocycles. The molecule has 1 aromatic carbocycles. The lowest BCUT2D eigenvalue weighted by Crippen LogP contribution is -2.43. The molecule has 10 nitrogen and oxygen atoms in total. The summed E-state index contributed by atoms with van der Waals surface area (Å²) in [6.07, 6.45) is 2.14. The lowest BCUT2D eigenvalue weighted by atomic mass is 10.1. The summed E-state index contributed by atoms with van der Waals surface area (Å²) >= 11 is 0. The van der Waals surface area contributed by atoms with Gasteiger partial charge < -0.3 is 14.6 Å². The monoisotopic (exact) mass is 508 g/mol. The molecule has 2 aromatic rings. The van der Waals surface area contributed by atoms with E-state index in [2.05, 4.69) is 10.0 Å². The number of rotatable bonds is 3. The molecule has 180 valence electrons. The van der Waals surface area contributed by atoms with Crippen molar-refractivity contribution in [3.8, 4) is 5.75 Å². The van der Waals surface area contributed by atoms with Crippen molar-refractivity contribution < 1.29 is 39.5 Å². The molecule has 0 aliphatic carbocycles. The summed E-state index contributed by atoms with van der Waals surface area (Å²) in [7, 11) is -6.41. The first kappa shape index (κ1) is 23.5. The van der Waals surface area contributed by atoms with Gasteiger partial charge in [0.05, 0.1) is 12.9 Å². The molecule has 2 atom stereocenters. The van der Waals surface area contributed by atoms with E-state index in [1.54, 1.807) is 0 Å². The van der Waals surface area contributed by atoms with Gasteiger partial charge in [-0.15, -0.1) is 0 Å². The lowest BCUT2D eigenvalue weighted by molar-refractivity contribution is 0.101. The van der Waals surface area contributed by atoms with Crippen LogP contribution in [0.1, 0.15) is 10.5 Å². The molecule has 2 unspecified atom stereocenters. The molecule has 15 heteroatoms. The van der Waals surface area contributed by atoms with E-state index in [1.165, 1.54) is 11.6 Å². The van der Waals surface area contributed by atoms with E-state index in [0.717, 1.165) is 16.8 Å². The molecule has 0 saturated carbocycles. The van der Waals surface area contributed by atoms with Gasteiger partial charge in [0.25, 0.3) is 5.91 Å². The van der Waals surface area contributed by atoms with Crippen molar-refractivity contribution in [1.82, 2.24) is 13.6 Å². The Bertz CT molecular complexity index is 1340. The molecule has 2 aliphatic heterocycles. The molecule has 2 aliphatic rings. The fourth-order valence-electron chi connectivity index (χ4n) is 3.85. The zero-order valence-corrected chi connectivity index (χ0v) is 18.9. The number of sulfonamides is 2. The third-order valence-electron chi connectivity index (χ3n) is 5.47. The predicted octanol–water partition coefficient (Wildman–Crippen LogP) is 0.625. The number of aromatic nitrogens is 1. The van der Waals surface area contributed by atoms with Gasteiger partial charge in [0, 0.05) is 56.1 Å². The van der Waals surface area contributed by atoms with E-state index in [1.807, 2.05) is 0 Å². The fourth-order valence-corrected chi connectivity index (χ4v) is 6.23. The zero-order valence-electron chi connectivity index (χ0n) is 17.3. The smallest absolute Gasteiger partial charge is 0.276 e. The van der Waals surface area contributed by atoms with Crippen molar-refractivity contribution in [2.24, 2.45) is 13.0 Å². The standard InChI is InChI=1S/C18H19F3N4O6S2/c1-24-7-14-17(16(24)18(26)22-10-3-11(19)15(21)12(20)4-10)31-8-9-5-25(32(2,27)28)6-13(9)23-33(14,29)30/h3-4,7,9,13,23H,5-6,8H2,1-2H3,(H,22,26). The molecule has 1 amide bonds. The van der Waals surface area contributed by atoms with E-state index < -0.39 is 61.1 Å². The van der Waals surface area contributed by atoms with Crippen LogP contribution in [0.3, 0.4) is 0 Å². The number of benzene rings is 1. The van der Waals surface area contributed by atoms with E-state index >= 15 is 0 Å². The quantitative estimate of drug-likeness (QED) is 0.586. The molecular formula is C18H19F3N4O6S2. The number of aryl methyl sites for hydroxylation is 1. The minimum Gasteiger partial charge on any atom is -0.489 e. The van der Waals surface area contributed by atoms with Crippen LogP contribution in [0.4, 0.5) is 18.9 Å². The summed E-state index contributed by atoms with van der Waals surface area (Å²) < 4.78 is 100. The number of hydrogen-bond acceptors (Lipinski definition) is 6. The Labute approximate surface area is 187 Å². The lowest BCUT2D eigenvalue weighted by Gasteiger charge is -2.23. The van der Waals surface area contributed by atoms with Gasteiger partial charge >= 0.3 is 0 Å². The Balaban J connectivity index is 1.68. The van der Waals surface area contributed by atoms with Gasteiger partial charge in [-0.1, -0.05) is 0 Å². The largest absolute Gasteiger partial charge is 0.489 e. The SMILES string of the molecule is Cn1cc2c(c1C(=O)Nc1cc(F)c(F)c(F)c1)OCC1CN(S(C)(=O)=O)CC1NS2(=O)=O. The summed E-state index contributed by atoms with van der Waals surface area (Å²) in [5.41, 5.74) is -0.658. The van der Waals surface area contributed by atoms with Crippen LogP contribution in [-0.2, 0) is 27.1 Å². The van der Waals surface area contributed by atoms with Crippen LogP contribution >= 0.6 is 0 Å². The van der Waals surface area contributed by atoms with Crippen molar-refractivity contribution in [1.29, 1.82) is 0 Å². The highest BCUT2D eigenvalue weighted by atomic mass is 32.2. The number of hydrogen-bond donors (Lipinski definition) is 2. The first-order valence-electron chi connectivity index (χ1n) is 9.53. The second-order valence-corrected chi connectivity index (χ2v) is 11.5. The Morgan fingerprint density at radius 3 is 2.45 bits per heavy atom. The number of halogens is 3. The summed E-state index contributed by atoms with van der Waals surface area (Å²) in [6.45, 7) is -0.149. The average Bonchev–Trinajstić information content (AvgIpc) is 3.23. The van der Waals surface area contributed by atoms with Crippen molar-refractivity contribution in [3.05, 3.63) is 41.5 Å². The van der Waals surface area contributed by atoms with E-state index in [-0.39, 0.29) is 36.0 Å². The van der Waals surface area contributed by atoms with Crippen molar-refractivity contribution in [2.75, 3.05) is 31.3 Å². The average molecular weight is 509 g/mol. The fraction of sp³-hybridized carbons (Fsp3) is 0.389. The molecular weight excluding hydrogens is 489 g/mol. The molecule has 3 heterocycles. The topological polar surface area (TPSA) is 127 Å². The van der Waals surface area contributed by atoms with Crippen molar-refractivity contribution in [2.45, 2.75) is 10.9 Å². The second kappa shape index (κ2) is 8.00. The summed E-state index contributed by atoms with van der Waals surface area (Å²) in [4.78, 5) is 12.5. The van der Waals surface area contributed by atoms with Gasteiger partial charge in [-0.05, 0) is 0 Å². The number of amides is 1. The normalized spacial score (nSPS) is 22.6. The third kappa shape index (κ3) is 4.32. The van der Waals surface area contributed by atoms with Gasteiger partial charge in [0.2, 0.25) is 20.0 Å². The molecule has 0 bridgehead atoms. The Kier molecular flexibility index (Phi) is 5.71. The molecule has 1 aromatic heterocycles. The number of anilines is 1. The van der Waals surface area contributed by atoms with Crippen LogP contribution in [0.2, 0.25) is 0 Å². The van der Waals surface area contributed by atoms with Gasteiger partial charge in [-0.25, -0.2) is 39.0 Å². The minimum atomic E-state index is -4.22. The number of nitrogens with one attached hydrogen (secondary N) is 2. The van der Waals surface area contributed by atoms with Crippen LogP contribution < -0.4 is 14.8 Å². The van der Waals surface area contributed by atoms with Gasteiger partial charge in [-0.3, -0.25) is 4.79 Å². The highest BCUT2D eigenvalue weighted by molar-refractivity contribution is 7.89. The van der Waals surface area contributed by atoms with Gasteiger partial charge in [0.15, 0.2) is 28.9 Å². The minimum absolute atomic E-state index is 0.0177. The van der Waals surface area contributed by atoms with Crippen molar-refractivity contribution in [3.63, 3.8) is 0 Å². The van der Waals surface area contributed by atoms with E-state index in [0.29, 0.717) is 12.1 Å². The van der Waals surface area contributed by atoms with E-state index in [9.17, 15) is 34.8 Å². The number of fused-ring (bicyclic) bond motifs is 2. The third-order valence-corrected chi connectivity index (χ3v) is 8.19.